The first-order valence-corrected chi connectivity index (χ1v) is 6.85. The second-order valence-corrected chi connectivity index (χ2v) is 6.33. The second-order valence-electron chi connectivity index (χ2n) is 5.58. The molecule has 2 rings (SSSR count). The minimum atomic E-state index is -0.689. The summed E-state index contributed by atoms with van der Waals surface area (Å²) in [5.74, 6) is -1.60. The first-order chi connectivity index (χ1) is 9.27. The van der Waals surface area contributed by atoms with E-state index in [1.165, 1.54) is 0 Å². The van der Waals surface area contributed by atoms with E-state index in [1.807, 2.05) is 20.8 Å². The van der Waals surface area contributed by atoms with Gasteiger partial charge in [0.1, 0.15) is 16.5 Å². The van der Waals surface area contributed by atoms with Gasteiger partial charge in [-0.05, 0) is 29.2 Å². The molecule has 0 saturated heterocycles. The van der Waals surface area contributed by atoms with Crippen LogP contribution >= 0.6 is 11.5 Å². The fourth-order valence-electron chi connectivity index (χ4n) is 1.84. The number of benzene rings is 1. The number of nitrogens with zero attached hydrogens (tertiary/aromatic N) is 2. The van der Waals surface area contributed by atoms with Gasteiger partial charge in [-0.1, -0.05) is 25.3 Å². The molecule has 6 heteroatoms. The lowest BCUT2D eigenvalue weighted by molar-refractivity contribution is 0.0994. The van der Waals surface area contributed by atoms with Gasteiger partial charge in [0.05, 0.1) is 5.69 Å². The van der Waals surface area contributed by atoms with Crippen molar-refractivity contribution in [3.63, 3.8) is 0 Å². The Bertz CT molecular complexity index is 627. The molecule has 106 valence electrons. The molecule has 0 aliphatic rings. The van der Waals surface area contributed by atoms with Crippen LogP contribution in [0, 0.1) is 11.6 Å². The first-order valence-electron chi connectivity index (χ1n) is 6.08. The summed E-state index contributed by atoms with van der Waals surface area (Å²) in [6.45, 7) is 5.80. The lowest BCUT2D eigenvalue weighted by Gasteiger charge is -2.15. The van der Waals surface area contributed by atoms with Crippen molar-refractivity contribution in [2.24, 2.45) is 0 Å². The van der Waals surface area contributed by atoms with Gasteiger partial charge in [-0.2, -0.15) is 0 Å². The molecule has 0 aliphatic carbocycles. The summed E-state index contributed by atoms with van der Waals surface area (Å²) < 4.78 is 30.0. The summed E-state index contributed by atoms with van der Waals surface area (Å²) >= 11 is 1.01. The highest BCUT2D eigenvalue weighted by Crippen LogP contribution is 2.27. The summed E-state index contributed by atoms with van der Waals surface area (Å²) in [7, 11) is 0. The molecule has 0 fully saturated rings. The summed E-state index contributed by atoms with van der Waals surface area (Å²) in [6, 6.07) is 3.10. The molecule has 0 N–H and O–H groups in total. The molecule has 1 aromatic heterocycles. The molecule has 0 bridgehead atoms. The molecule has 1 heterocycles. The minimum absolute atomic E-state index is 0.0678. The van der Waals surface area contributed by atoms with Crippen molar-refractivity contribution in [1.29, 1.82) is 0 Å². The van der Waals surface area contributed by atoms with E-state index in [0.717, 1.165) is 29.7 Å². The highest BCUT2D eigenvalue weighted by atomic mass is 32.1. The van der Waals surface area contributed by atoms with Gasteiger partial charge < -0.3 is 0 Å². The number of Topliss-reactive ketones (excluding diaryl/α,β-unsaturated/α-hetero) is 1. The van der Waals surface area contributed by atoms with E-state index in [0.29, 0.717) is 16.1 Å². The Morgan fingerprint density at radius 2 is 1.80 bits per heavy atom. The van der Waals surface area contributed by atoms with Crippen LogP contribution in [0.1, 0.15) is 41.7 Å². The largest absolute Gasteiger partial charge is 0.293 e. The molecular formula is C14H14F2N2OS. The molecule has 0 unspecified atom stereocenters. The van der Waals surface area contributed by atoms with Crippen molar-refractivity contribution in [3.8, 4) is 0 Å². The average Bonchev–Trinajstić information content (AvgIpc) is 2.75. The van der Waals surface area contributed by atoms with Gasteiger partial charge in [0.15, 0.2) is 5.78 Å². The number of carbonyl (C=O) groups is 1. The maximum atomic E-state index is 13.1. The lowest BCUT2D eigenvalue weighted by Crippen LogP contribution is -2.17. The zero-order chi connectivity index (χ0) is 14.9. The van der Waals surface area contributed by atoms with Crippen LogP contribution in [0.4, 0.5) is 8.78 Å². The molecule has 0 aliphatic heterocycles. The number of carbonyl (C=O) groups excluding carboxylic acids is 1. The van der Waals surface area contributed by atoms with E-state index < -0.39 is 11.6 Å². The maximum Gasteiger partial charge on any atom is 0.180 e. The quantitative estimate of drug-likeness (QED) is 0.814. The molecule has 0 saturated carbocycles. The van der Waals surface area contributed by atoms with Gasteiger partial charge in [-0.15, -0.1) is 5.10 Å². The van der Waals surface area contributed by atoms with Crippen LogP contribution in [0.25, 0.3) is 0 Å². The van der Waals surface area contributed by atoms with E-state index in [2.05, 4.69) is 9.59 Å². The van der Waals surface area contributed by atoms with Crippen molar-refractivity contribution in [2.75, 3.05) is 0 Å². The number of hydrogen-bond acceptors (Lipinski definition) is 4. The van der Waals surface area contributed by atoms with Crippen molar-refractivity contribution in [2.45, 2.75) is 32.6 Å². The van der Waals surface area contributed by atoms with E-state index in [4.69, 9.17) is 0 Å². The Morgan fingerprint density at radius 1 is 1.20 bits per heavy atom. The monoisotopic (exact) mass is 296 g/mol. The SMILES string of the molecule is CC(C)(C)c1nnsc1C(=O)Cc1cc(F)cc(F)c1. The zero-order valence-electron chi connectivity index (χ0n) is 11.4. The predicted molar refractivity (Wildman–Crippen MR) is 73.0 cm³/mol. The Labute approximate surface area is 119 Å². The van der Waals surface area contributed by atoms with Crippen molar-refractivity contribution < 1.29 is 13.6 Å². The van der Waals surface area contributed by atoms with Gasteiger partial charge >= 0.3 is 0 Å². The van der Waals surface area contributed by atoms with E-state index >= 15 is 0 Å². The summed E-state index contributed by atoms with van der Waals surface area (Å²) in [5, 5.41) is 3.98. The van der Waals surface area contributed by atoms with Gasteiger partial charge in [-0.3, -0.25) is 4.79 Å². The Morgan fingerprint density at radius 3 is 2.35 bits per heavy atom. The van der Waals surface area contributed by atoms with Crippen LogP contribution < -0.4 is 0 Å². The van der Waals surface area contributed by atoms with Gasteiger partial charge in [0, 0.05) is 17.9 Å². The van der Waals surface area contributed by atoms with E-state index in [1.54, 1.807) is 0 Å². The fourth-order valence-corrected chi connectivity index (χ4v) is 2.65. The Kier molecular flexibility index (Phi) is 3.94. The number of ketones is 1. The summed E-state index contributed by atoms with van der Waals surface area (Å²) in [6.07, 6.45) is -0.0678. The highest BCUT2D eigenvalue weighted by molar-refractivity contribution is 7.08. The second kappa shape index (κ2) is 5.36. The standard InChI is InChI=1S/C14H14F2N2OS/c1-14(2,3)13-12(20-18-17-13)11(19)6-8-4-9(15)7-10(16)5-8/h4-5,7H,6H2,1-3H3. The van der Waals surface area contributed by atoms with Crippen LogP contribution in [-0.2, 0) is 11.8 Å². The van der Waals surface area contributed by atoms with E-state index in [9.17, 15) is 13.6 Å². The smallest absolute Gasteiger partial charge is 0.180 e. The zero-order valence-corrected chi connectivity index (χ0v) is 12.2. The highest BCUT2D eigenvalue weighted by Gasteiger charge is 2.26. The number of hydrogen-bond donors (Lipinski definition) is 0. The molecule has 0 atom stereocenters. The van der Waals surface area contributed by atoms with Crippen molar-refractivity contribution >= 4 is 17.3 Å². The van der Waals surface area contributed by atoms with E-state index in [-0.39, 0.29) is 17.6 Å². The van der Waals surface area contributed by atoms with Crippen molar-refractivity contribution in [1.82, 2.24) is 9.59 Å². The van der Waals surface area contributed by atoms with Crippen LogP contribution in [0.3, 0.4) is 0 Å². The number of rotatable bonds is 3. The van der Waals surface area contributed by atoms with Crippen LogP contribution in [0.5, 0.6) is 0 Å². The molecular weight excluding hydrogens is 282 g/mol. The molecule has 20 heavy (non-hydrogen) atoms. The molecule has 2 aromatic rings. The molecule has 0 amide bonds. The van der Waals surface area contributed by atoms with Gasteiger partial charge in [-0.25, -0.2) is 8.78 Å². The third kappa shape index (κ3) is 3.25. The predicted octanol–water partition coefficient (Wildman–Crippen LogP) is 3.54. The average molecular weight is 296 g/mol. The third-order valence-electron chi connectivity index (χ3n) is 2.74. The summed E-state index contributed by atoms with van der Waals surface area (Å²) in [5.41, 5.74) is 0.621. The van der Waals surface area contributed by atoms with Crippen molar-refractivity contribution in [3.05, 3.63) is 46.0 Å². The Hall–Kier alpha value is -1.69. The first kappa shape index (κ1) is 14.7. The number of halogens is 2. The topological polar surface area (TPSA) is 42.9 Å². The molecule has 0 radical (unpaired) electrons. The van der Waals surface area contributed by atoms with Crippen LogP contribution in [-0.4, -0.2) is 15.4 Å². The molecule has 3 nitrogen and oxygen atoms in total. The molecule has 1 aromatic carbocycles. The van der Waals surface area contributed by atoms with Crippen LogP contribution in [0.2, 0.25) is 0 Å². The molecule has 0 spiro atoms. The normalized spacial score (nSPS) is 11.7. The van der Waals surface area contributed by atoms with Crippen LogP contribution in [0.15, 0.2) is 18.2 Å². The lowest BCUT2D eigenvalue weighted by atomic mass is 9.90. The van der Waals surface area contributed by atoms with Gasteiger partial charge in [0.25, 0.3) is 0 Å². The third-order valence-corrected chi connectivity index (χ3v) is 3.51. The minimum Gasteiger partial charge on any atom is -0.293 e. The van der Waals surface area contributed by atoms with Gasteiger partial charge in [0.2, 0.25) is 0 Å². The Balaban J connectivity index is 2.27. The summed E-state index contributed by atoms with van der Waals surface area (Å²) in [4.78, 5) is 12.7. The number of aromatic nitrogens is 2. The maximum absolute atomic E-state index is 13.1. The fraction of sp³-hybridized carbons (Fsp3) is 0.357.